The lowest BCUT2D eigenvalue weighted by Gasteiger charge is -2.43. The van der Waals surface area contributed by atoms with Crippen LogP contribution in [0, 0.1) is 0 Å². The number of ether oxygens (including phenoxy) is 1. The number of hydrogen-bond acceptors (Lipinski definition) is 4. The summed E-state index contributed by atoms with van der Waals surface area (Å²) in [6, 6.07) is 5.74. The molecule has 3 rings (SSSR count). The topological polar surface area (TPSA) is 35.2 Å². The Bertz CT molecular complexity index is 471. The Kier molecular flexibility index (Phi) is 4.75. The summed E-state index contributed by atoms with van der Waals surface area (Å²) in [5, 5.41) is 1.40. The number of anilines is 1. The van der Waals surface area contributed by atoms with Gasteiger partial charge < -0.3 is 10.5 Å². The lowest BCUT2D eigenvalue weighted by atomic mass is 9.88. The van der Waals surface area contributed by atoms with Crippen molar-refractivity contribution >= 4 is 40.8 Å². The van der Waals surface area contributed by atoms with Crippen LogP contribution in [0.4, 0.5) is 5.69 Å². The van der Waals surface area contributed by atoms with Crippen LogP contribution < -0.4 is 5.73 Å². The molecular formula is C15H20ClNOS2. The molecule has 110 valence electrons. The molecule has 2 N–H and O–H groups in total. The molecule has 2 fully saturated rings. The average Bonchev–Trinajstić information content (AvgIpc) is 2.44. The zero-order valence-corrected chi connectivity index (χ0v) is 13.8. The van der Waals surface area contributed by atoms with E-state index >= 15 is 0 Å². The molecular weight excluding hydrogens is 310 g/mol. The molecule has 20 heavy (non-hydrogen) atoms. The minimum absolute atomic E-state index is 0.133. The summed E-state index contributed by atoms with van der Waals surface area (Å²) in [6.07, 6.45) is 4.63. The van der Waals surface area contributed by atoms with Crippen molar-refractivity contribution in [2.75, 3.05) is 23.8 Å². The van der Waals surface area contributed by atoms with E-state index in [-0.39, 0.29) is 5.60 Å². The number of nitrogen functional groups attached to an aromatic ring is 1. The number of thioether (sulfide) groups is 2. The average molecular weight is 330 g/mol. The quantitative estimate of drug-likeness (QED) is 0.812. The van der Waals surface area contributed by atoms with Crippen molar-refractivity contribution in [2.24, 2.45) is 0 Å². The minimum atomic E-state index is 0.133. The number of hydrogen-bond donors (Lipinski definition) is 1. The Morgan fingerprint density at radius 1 is 1.35 bits per heavy atom. The lowest BCUT2D eigenvalue weighted by molar-refractivity contribution is -0.0804. The van der Waals surface area contributed by atoms with Gasteiger partial charge in [0.05, 0.1) is 10.6 Å². The molecule has 0 radical (unpaired) electrons. The molecule has 0 amide bonds. The van der Waals surface area contributed by atoms with Crippen LogP contribution in [0.25, 0.3) is 0 Å². The molecule has 5 heteroatoms. The van der Waals surface area contributed by atoms with E-state index in [1.165, 1.54) is 24.3 Å². The molecule has 2 heterocycles. The number of rotatable bonds is 2. The summed E-state index contributed by atoms with van der Waals surface area (Å²) in [5.41, 5.74) is 6.79. The normalized spacial score (nSPS) is 25.8. The third-order valence-electron chi connectivity index (χ3n) is 4.10. The Balaban J connectivity index is 1.69. The summed E-state index contributed by atoms with van der Waals surface area (Å²) in [5.74, 6) is 2.47. The number of nitrogens with two attached hydrogens (primary N) is 1. The Labute approximate surface area is 134 Å². The first-order chi connectivity index (χ1) is 9.67. The van der Waals surface area contributed by atoms with Gasteiger partial charge in [0.2, 0.25) is 0 Å². The second kappa shape index (κ2) is 6.39. The van der Waals surface area contributed by atoms with Crippen molar-refractivity contribution < 1.29 is 4.74 Å². The van der Waals surface area contributed by atoms with Gasteiger partial charge in [-0.25, -0.2) is 0 Å². The molecule has 0 aliphatic carbocycles. The molecule has 2 aliphatic heterocycles. The predicted molar refractivity (Wildman–Crippen MR) is 90.0 cm³/mol. The SMILES string of the molecule is Nc1ccc(Cl)c(SC2CCOC3(CCSCC3)C2)c1. The fraction of sp³-hybridized carbons (Fsp3) is 0.600. The highest BCUT2D eigenvalue weighted by Gasteiger charge is 2.39. The highest BCUT2D eigenvalue weighted by molar-refractivity contribution is 8.00. The summed E-state index contributed by atoms with van der Waals surface area (Å²) in [4.78, 5) is 1.11. The van der Waals surface area contributed by atoms with Gasteiger partial charge in [0.25, 0.3) is 0 Å². The van der Waals surface area contributed by atoms with E-state index in [2.05, 4.69) is 0 Å². The second-order valence-electron chi connectivity index (χ2n) is 5.57. The highest BCUT2D eigenvalue weighted by Crippen LogP contribution is 2.44. The fourth-order valence-electron chi connectivity index (χ4n) is 2.97. The first-order valence-corrected chi connectivity index (χ1v) is 9.52. The van der Waals surface area contributed by atoms with E-state index in [1.807, 2.05) is 41.7 Å². The molecule has 1 aromatic carbocycles. The van der Waals surface area contributed by atoms with E-state index in [1.54, 1.807) is 0 Å². The van der Waals surface area contributed by atoms with E-state index in [0.717, 1.165) is 35.1 Å². The zero-order valence-electron chi connectivity index (χ0n) is 11.4. The lowest BCUT2D eigenvalue weighted by Crippen LogP contribution is -2.43. The first-order valence-electron chi connectivity index (χ1n) is 7.10. The molecule has 2 nitrogen and oxygen atoms in total. The van der Waals surface area contributed by atoms with Crippen LogP contribution in [0.5, 0.6) is 0 Å². The van der Waals surface area contributed by atoms with Gasteiger partial charge in [0, 0.05) is 22.4 Å². The van der Waals surface area contributed by atoms with Gasteiger partial charge in [-0.05, 0) is 55.4 Å². The molecule has 0 bridgehead atoms. The maximum atomic E-state index is 6.28. The molecule has 1 aromatic rings. The van der Waals surface area contributed by atoms with Crippen LogP contribution in [0.1, 0.15) is 25.7 Å². The van der Waals surface area contributed by atoms with Crippen LogP contribution in [0.2, 0.25) is 5.02 Å². The standard InChI is InChI=1S/C15H20ClNOS2/c16-13-2-1-11(17)9-14(13)20-12-3-6-18-15(10-12)4-7-19-8-5-15/h1-2,9,12H,3-8,10,17H2. The zero-order chi connectivity index (χ0) is 14.0. The van der Waals surface area contributed by atoms with Gasteiger partial charge in [0.1, 0.15) is 0 Å². The molecule has 0 saturated carbocycles. The van der Waals surface area contributed by atoms with Crippen molar-refractivity contribution in [3.05, 3.63) is 23.2 Å². The van der Waals surface area contributed by atoms with Gasteiger partial charge in [-0.2, -0.15) is 11.8 Å². The summed E-state index contributed by atoms with van der Waals surface area (Å²) in [6.45, 7) is 0.877. The summed E-state index contributed by atoms with van der Waals surface area (Å²) >= 11 is 10.2. The predicted octanol–water partition coefficient (Wildman–Crippen LogP) is 4.46. The van der Waals surface area contributed by atoms with E-state index in [0.29, 0.717) is 5.25 Å². The van der Waals surface area contributed by atoms with E-state index in [9.17, 15) is 0 Å². The van der Waals surface area contributed by atoms with Crippen LogP contribution >= 0.6 is 35.1 Å². The molecule has 0 aromatic heterocycles. The smallest absolute Gasteiger partial charge is 0.0709 e. The molecule has 1 atom stereocenters. The minimum Gasteiger partial charge on any atom is -0.399 e. The third-order valence-corrected chi connectivity index (χ3v) is 6.86. The maximum Gasteiger partial charge on any atom is 0.0709 e. The maximum absolute atomic E-state index is 6.28. The van der Waals surface area contributed by atoms with Crippen LogP contribution in [0.3, 0.4) is 0 Å². The largest absolute Gasteiger partial charge is 0.399 e. The molecule has 2 saturated heterocycles. The van der Waals surface area contributed by atoms with Crippen molar-refractivity contribution in [3.63, 3.8) is 0 Å². The molecule has 1 spiro atoms. The van der Waals surface area contributed by atoms with Gasteiger partial charge >= 0.3 is 0 Å². The van der Waals surface area contributed by atoms with Gasteiger partial charge in [-0.1, -0.05) is 11.6 Å². The van der Waals surface area contributed by atoms with Crippen LogP contribution in [-0.4, -0.2) is 29.0 Å². The fourth-order valence-corrected chi connectivity index (χ4v) is 5.80. The summed E-state index contributed by atoms with van der Waals surface area (Å²) < 4.78 is 6.14. The van der Waals surface area contributed by atoms with Crippen LogP contribution in [0.15, 0.2) is 23.1 Å². The number of halogens is 1. The third kappa shape index (κ3) is 3.41. The molecule has 2 aliphatic rings. The van der Waals surface area contributed by atoms with Gasteiger partial charge in [-0.3, -0.25) is 0 Å². The van der Waals surface area contributed by atoms with Gasteiger partial charge in [0.15, 0.2) is 0 Å². The Hall–Kier alpha value is -0.0300. The monoisotopic (exact) mass is 329 g/mol. The van der Waals surface area contributed by atoms with E-state index in [4.69, 9.17) is 22.1 Å². The second-order valence-corrected chi connectivity index (χ2v) is 8.54. The Morgan fingerprint density at radius 3 is 2.95 bits per heavy atom. The van der Waals surface area contributed by atoms with Crippen LogP contribution in [-0.2, 0) is 4.74 Å². The van der Waals surface area contributed by atoms with E-state index < -0.39 is 0 Å². The molecule has 1 unspecified atom stereocenters. The number of benzene rings is 1. The van der Waals surface area contributed by atoms with Crippen molar-refractivity contribution in [1.82, 2.24) is 0 Å². The van der Waals surface area contributed by atoms with Crippen molar-refractivity contribution in [1.29, 1.82) is 0 Å². The van der Waals surface area contributed by atoms with Crippen molar-refractivity contribution in [2.45, 2.75) is 41.4 Å². The Morgan fingerprint density at radius 2 is 2.15 bits per heavy atom. The summed E-state index contributed by atoms with van der Waals surface area (Å²) in [7, 11) is 0. The first kappa shape index (κ1) is 14.9. The van der Waals surface area contributed by atoms with Crippen molar-refractivity contribution in [3.8, 4) is 0 Å². The highest BCUT2D eigenvalue weighted by atomic mass is 35.5. The van der Waals surface area contributed by atoms with Gasteiger partial charge in [-0.15, -0.1) is 11.8 Å².